The Morgan fingerprint density at radius 2 is 1.84 bits per heavy atom. The van der Waals surface area contributed by atoms with E-state index in [4.69, 9.17) is 9.47 Å². The van der Waals surface area contributed by atoms with Crippen molar-refractivity contribution in [2.24, 2.45) is 0 Å². The Balaban J connectivity index is 2.12. The number of halogens is 2. The van der Waals surface area contributed by atoms with Gasteiger partial charge in [-0.3, -0.25) is 9.69 Å². The number of alkyl halides is 2. The van der Waals surface area contributed by atoms with Gasteiger partial charge in [0.05, 0.1) is 19.8 Å². The van der Waals surface area contributed by atoms with Crippen LogP contribution >= 0.6 is 0 Å². The molecule has 0 saturated carbocycles. The Kier molecular flexibility index (Phi) is 8.56. The van der Waals surface area contributed by atoms with Gasteiger partial charge in [-0.15, -0.1) is 0 Å². The Morgan fingerprint density at radius 3 is 2.45 bits per heavy atom. The molecule has 0 spiro atoms. The summed E-state index contributed by atoms with van der Waals surface area (Å²) in [4.78, 5) is 29.7. The largest absolute Gasteiger partial charge is 0.490 e. The van der Waals surface area contributed by atoms with Crippen LogP contribution < -0.4 is 9.47 Å². The summed E-state index contributed by atoms with van der Waals surface area (Å²) in [6.45, 7) is 4.98. The standard InChI is InChI=1S/C22H28F2N2O5/c1-6-29-18-10-15(8-9-17(18)31-22(23)24)11-26(5)12-16(27)19-13(3)20(25-14(19)4)21(28)30-7-2/h8-10,22,25H,6-7,11-12H2,1-5H3. The minimum atomic E-state index is -2.95. The van der Waals surface area contributed by atoms with E-state index in [1.807, 2.05) is 0 Å². The number of hydrogen-bond donors (Lipinski definition) is 1. The molecular formula is C22H28F2N2O5. The molecule has 1 N–H and O–H groups in total. The van der Waals surface area contributed by atoms with Crippen molar-refractivity contribution in [3.05, 3.63) is 46.3 Å². The average Bonchev–Trinajstić information content (AvgIpc) is 2.98. The molecule has 0 aliphatic heterocycles. The summed E-state index contributed by atoms with van der Waals surface area (Å²) in [7, 11) is 1.77. The van der Waals surface area contributed by atoms with Crippen LogP contribution in [0.2, 0.25) is 0 Å². The van der Waals surface area contributed by atoms with Crippen molar-refractivity contribution in [2.75, 3.05) is 26.8 Å². The number of esters is 1. The van der Waals surface area contributed by atoms with Gasteiger partial charge in [0.1, 0.15) is 5.69 Å². The molecule has 7 nitrogen and oxygen atoms in total. The molecule has 1 aromatic heterocycles. The number of carbonyl (C=O) groups excluding carboxylic acids is 2. The summed E-state index contributed by atoms with van der Waals surface area (Å²) >= 11 is 0. The summed E-state index contributed by atoms with van der Waals surface area (Å²) in [6.07, 6.45) is 0. The lowest BCUT2D eigenvalue weighted by molar-refractivity contribution is -0.0514. The van der Waals surface area contributed by atoms with E-state index >= 15 is 0 Å². The van der Waals surface area contributed by atoms with Gasteiger partial charge in [0.2, 0.25) is 0 Å². The zero-order valence-corrected chi connectivity index (χ0v) is 18.4. The van der Waals surface area contributed by atoms with Crippen LogP contribution in [0.25, 0.3) is 0 Å². The number of H-pyrrole nitrogens is 1. The molecule has 0 aliphatic carbocycles. The zero-order chi connectivity index (χ0) is 23.1. The molecule has 0 radical (unpaired) electrons. The molecule has 0 fully saturated rings. The molecule has 170 valence electrons. The fourth-order valence-corrected chi connectivity index (χ4v) is 3.38. The van der Waals surface area contributed by atoms with Crippen LogP contribution in [0.15, 0.2) is 18.2 Å². The number of hydrogen-bond acceptors (Lipinski definition) is 6. The van der Waals surface area contributed by atoms with E-state index in [2.05, 4.69) is 9.72 Å². The van der Waals surface area contributed by atoms with E-state index < -0.39 is 12.6 Å². The number of rotatable bonds is 11. The summed E-state index contributed by atoms with van der Waals surface area (Å²) < 4.78 is 40.0. The lowest BCUT2D eigenvalue weighted by Gasteiger charge is -2.18. The van der Waals surface area contributed by atoms with Crippen molar-refractivity contribution in [3.63, 3.8) is 0 Å². The first-order valence-electron chi connectivity index (χ1n) is 9.96. The van der Waals surface area contributed by atoms with Crippen LogP contribution in [0, 0.1) is 13.8 Å². The Labute approximate surface area is 180 Å². The lowest BCUT2D eigenvalue weighted by atomic mass is 10.0. The summed E-state index contributed by atoms with van der Waals surface area (Å²) in [5, 5.41) is 0. The number of likely N-dealkylation sites (N-methyl/N-ethyl adjacent to an activating group) is 1. The first-order valence-corrected chi connectivity index (χ1v) is 9.96. The van der Waals surface area contributed by atoms with Gasteiger partial charge in [-0.1, -0.05) is 6.07 Å². The number of aromatic nitrogens is 1. The third-order valence-electron chi connectivity index (χ3n) is 4.59. The number of aromatic amines is 1. The first-order chi connectivity index (χ1) is 14.7. The van der Waals surface area contributed by atoms with Gasteiger partial charge in [0.15, 0.2) is 17.3 Å². The predicted molar refractivity (Wildman–Crippen MR) is 111 cm³/mol. The van der Waals surface area contributed by atoms with E-state index in [9.17, 15) is 18.4 Å². The van der Waals surface area contributed by atoms with Crippen molar-refractivity contribution >= 4 is 11.8 Å². The number of ether oxygens (including phenoxy) is 3. The number of ketones is 1. The number of nitrogens with zero attached hydrogens (tertiary/aromatic N) is 1. The molecule has 2 rings (SSSR count). The molecule has 0 aliphatic rings. The lowest BCUT2D eigenvalue weighted by Crippen LogP contribution is -2.26. The quantitative estimate of drug-likeness (QED) is 0.420. The highest BCUT2D eigenvalue weighted by atomic mass is 19.3. The second-order valence-corrected chi connectivity index (χ2v) is 7.03. The second-order valence-electron chi connectivity index (χ2n) is 7.03. The Morgan fingerprint density at radius 1 is 1.13 bits per heavy atom. The van der Waals surface area contributed by atoms with Gasteiger partial charge in [-0.25, -0.2) is 4.79 Å². The highest BCUT2D eigenvalue weighted by Gasteiger charge is 2.23. The maximum absolute atomic E-state index is 12.9. The van der Waals surface area contributed by atoms with Crippen molar-refractivity contribution in [1.29, 1.82) is 0 Å². The maximum atomic E-state index is 12.9. The van der Waals surface area contributed by atoms with Crippen molar-refractivity contribution in [2.45, 2.75) is 40.9 Å². The fraction of sp³-hybridized carbons (Fsp3) is 0.455. The third-order valence-corrected chi connectivity index (χ3v) is 4.59. The molecule has 9 heteroatoms. The molecule has 0 saturated heterocycles. The topological polar surface area (TPSA) is 80.9 Å². The highest BCUT2D eigenvalue weighted by Crippen LogP contribution is 2.30. The van der Waals surface area contributed by atoms with Gasteiger partial charge in [0, 0.05) is 17.8 Å². The Hall–Kier alpha value is -2.94. The molecule has 1 heterocycles. The monoisotopic (exact) mass is 438 g/mol. The van der Waals surface area contributed by atoms with Gasteiger partial charge in [0.25, 0.3) is 0 Å². The third kappa shape index (κ3) is 6.27. The summed E-state index contributed by atoms with van der Waals surface area (Å²) in [6, 6.07) is 4.69. The molecule has 2 aromatic rings. The Bertz CT molecular complexity index is 927. The van der Waals surface area contributed by atoms with Crippen LogP contribution in [0.1, 0.15) is 51.5 Å². The molecular weight excluding hydrogens is 410 g/mol. The number of carbonyl (C=O) groups is 2. The van der Waals surface area contributed by atoms with Crippen LogP contribution in [0.3, 0.4) is 0 Å². The molecule has 0 amide bonds. The minimum absolute atomic E-state index is 0.0376. The van der Waals surface area contributed by atoms with Crippen LogP contribution in [-0.2, 0) is 11.3 Å². The fourth-order valence-electron chi connectivity index (χ4n) is 3.38. The summed E-state index contributed by atoms with van der Waals surface area (Å²) in [5.41, 5.74) is 2.68. The molecule has 31 heavy (non-hydrogen) atoms. The molecule has 0 bridgehead atoms. The number of nitrogens with one attached hydrogen (secondary N) is 1. The van der Waals surface area contributed by atoms with Crippen molar-refractivity contribution in [3.8, 4) is 11.5 Å². The van der Waals surface area contributed by atoms with Crippen LogP contribution in [-0.4, -0.2) is 55.1 Å². The van der Waals surface area contributed by atoms with Crippen molar-refractivity contribution in [1.82, 2.24) is 9.88 Å². The van der Waals surface area contributed by atoms with E-state index in [1.165, 1.54) is 6.07 Å². The summed E-state index contributed by atoms with van der Waals surface area (Å²) in [5.74, 6) is -0.460. The van der Waals surface area contributed by atoms with Gasteiger partial charge >= 0.3 is 12.6 Å². The number of benzene rings is 1. The smallest absolute Gasteiger partial charge is 0.387 e. The predicted octanol–water partition coefficient (Wildman–Crippen LogP) is 4.12. The van der Waals surface area contributed by atoms with Gasteiger partial charge < -0.3 is 19.2 Å². The average molecular weight is 438 g/mol. The van der Waals surface area contributed by atoms with Gasteiger partial charge in [-0.05, 0) is 58.0 Å². The SMILES string of the molecule is CCOC(=O)c1[nH]c(C)c(C(=O)CN(C)Cc2ccc(OC(F)F)c(OCC)c2)c1C. The molecule has 0 atom stereocenters. The van der Waals surface area contributed by atoms with Crippen LogP contribution in [0.4, 0.5) is 8.78 Å². The normalized spacial score (nSPS) is 11.1. The number of Topliss-reactive ketones (excluding diaryl/α,β-unsaturated/α-hetero) is 1. The van der Waals surface area contributed by atoms with E-state index in [-0.39, 0.29) is 36.1 Å². The molecule has 1 aromatic carbocycles. The van der Waals surface area contributed by atoms with E-state index in [0.29, 0.717) is 30.0 Å². The maximum Gasteiger partial charge on any atom is 0.387 e. The van der Waals surface area contributed by atoms with Crippen molar-refractivity contribution < 1.29 is 32.6 Å². The zero-order valence-electron chi connectivity index (χ0n) is 18.4. The molecule has 0 unspecified atom stereocenters. The highest BCUT2D eigenvalue weighted by molar-refractivity contribution is 6.03. The van der Waals surface area contributed by atoms with E-state index in [1.54, 1.807) is 51.8 Å². The van der Waals surface area contributed by atoms with E-state index in [0.717, 1.165) is 5.56 Å². The van der Waals surface area contributed by atoms with Crippen LogP contribution in [0.5, 0.6) is 11.5 Å². The van der Waals surface area contributed by atoms with Gasteiger partial charge in [-0.2, -0.15) is 8.78 Å². The minimum Gasteiger partial charge on any atom is -0.490 e. The second kappa shape index (κ2) is 10.9. The first kappa shape index (κ1) is 24.3. The number of aryl methyl sites for hydroxylation is 1.